The fourth-order valence-corrected chi connectivity index (χ4v) is 3.55. The van der Waals surface area contributed by atoms with E-state index in [-0.39, 0.29) is 5.92 Å². The highest BCUT2D eigenvalue weighted by molar-refractivity contribution is 5.85. The predicted molar refractivity (Wildman–Crippen MR) is 92.5 cm³/mol. The van der Waals surface area contributed by atoms with E-state index in [1.165, 1.54) is 6.08 Å². The molecule has 0 heterocycles. The maximum Gasteiger partial charge on any atom is 0.330 e. The van der Waals surface area contributed by atoms with Gasteiger partial charge >= 0.3 is 11.9 Å². The Labute approximate surface area is 143 Å². The smallest absolute Gasteiger partial charge is 0.330 e. The highest BCUT2D eigenvalue weighted by Crippen LogP contribution is 2.71. The van der Waals surface area contributed by atoms with Gasteiger partial charge in [-0.1, -0.05) is 50.3 Å². The van der Waals surface area contributed by atoms with Crippen molar-refractivity contribution in [2.24, 2.45) is 16.7 Å². The summed E-state index contributed by atoms with van der Waals surface area (Å²) in [7, 11) is 0. The Morgan fingerprint density at radius 1 is 1.21 bits per heavy atom. The van der Waals surface area contributed by atoms with Crippen LogP contribution in [0.3, 0.4) is 0 Å². The zero-order valence-electron chi connectivity index (χ0n) is 15.0. The van der Waals surface area contributed by atoms with Crippen molar-refractivity contribution >= 4 is 11.9 Å². The molecule has 4 heteroatoms. The summed E-state index contributed by atoms with van der Waals surface area (Å²) >= 11 is 0. The molecule has 1 aromatic rings. The second-order valence-electron chi connectivity index (χ2n) is 8.03. The number of carboxylic acids is 1. The van der Waals surface area contributed by atoms with Gasteiger partial charge in [-0.15, -0.1) is 0 Å². The van der Waals surface area contributed by atoms with E-state index in [1.54, 1.807) is 26.8 Å². The van der Waals surface area contributed by atoms with Crippen LogP contribution in [-0.2, 0) is 20.7 Å². The third kappa shape index (κ3) is 3.37. The second-order valence-corrected chi connectivity index (χ2v) is 8.03. The van der Waals surface area contributed by atoms with E-state index in [9.17, 15) is 14.7 Å². The number of benzene rings is 1. The number of carbonyl (C=O) groups excluding carboxylic acids is 1. The first kappa shape index (κ1) is 18.2. The molecule has 1 fully saturated rings. The highest BCUT2D eigenvalue weighted by Gasteiger charge is 2.74. The average molecular weight is 330 g/mol. The molecule has 2 rings (SSSR count). The van der Waals surface area contributed by atoms with Gasteiger partial charge in [-0.2, -0.15) is 0 Å². The molecule has 0 aliphatic heterocycles. The molecule has 130 valence electrons. The summed E-state index contributed by atoms with van der Waals surface area (Å²) in [6.45, 7) is 9.28. The Morgan fingerprint density at radius 2 is 1.79 bits per heavy atom. The summed E-state index contributed by atoms with van der Waals surface area (Å²) < 4.78 is 5.26. The van der Waals surface area contributed by atoms with Gasteiger partial charge in [-0.3, -0.25) is 4.79 Å². The number of carboxylic acid groups (broad SMARTS) is 1. The molecule has 1 N–H and O–H groups in total. The van der Waals surface area contributed by atoms with Gasteiger partial charge in [0.1, 0.15) is 5.60 Å². The van der Waals surface area contributed by atoms with Gasteiger partial charge in [0.15, 0.2) is 0 Å². The van der Waals surface area contributed by atoms with E-state index in [1.807, 2.05) is 44.2 Å². The number of esters is 1. The van der Waals surface area contributed by atoms with Gasteiger partial charge in [-0.05, 0) is 38.2 Å². The van der Waals surface area contributed by atoms with E-state index in [2.05, 4.69) is 0 Å². The van der Waals surface area contributed by atoms with Crippen LogP contribution < -0.4 is 0 Å². The summed E-state index contributed by atoms with van der Waals surface area (Å²) in [6, 6.07) is 9.61. The highest BCUT2D eigenvalue weighted by atomic mass is 16.6. The number of hydrogen-bond donors (Lipinski definition) is 1. The average Bonchev–Trinajstić information content (AvgIpc) is 2.92. The molecule has 0 spiro atoms. The molecule has 1 aliphatic carbocycles. The first-order valence-electron chi connectivity index (χ1n) is 8.19. The molecule has 0 radical (unpaired) electrons. The lowest BCUT2D eigenvalue weighted by atomic mass is 9.88. The van der Waals surface area contributed by atoms with Crippen molar-refractivity contribution < 1.29 is 19.4 Å². The first-order chi connectivity index (χ1) is 11.0. The van der Waals surface area contributed by atoms with Crippen molar-refractivity contribution in [3.8, 4) is 0 Å². The van der Waals surface area contributed by atoms with E-state index < -0.39 is 28.4 Å². The Bertz CT molecular complexity index is 652. The summed E-state index contributed by atoms with van der Waals surface area (Å²) in [5, 5.41) is 9.87. The molecule has 0 amide bonds. The molecule has 4 nitrogen and oxygen atoms in total. The van der Waals surface area contributed by atoms with Crippen molar-refractivity contribution in [1.29, 1.82) is 0 Å². The molecule has 1 saturated carbocycles. The van der Waals surface area contributed by atoms with Crippen LogP contribution in [0.4, 0.5) is 0 Å². The number of hydrogen-bond acceptors (Lipinski definition) is 3. The monoisotopic (exact) mass is 330 g/mol. The SMILES string of the molecule is CC(C)(C)OC(=O)C=C[C@@H]1C(C)(C)[C@]1(Cc1ccccc1)C(=O)O. The van der Waals surface area contributed by atoms with Crippen molar-refractivity contribution in [1.82, 2.24) is 0 Å². The van der Waals surface area contributed by atoms with Crippen molar-refractivity contribution in [2.75, 3.05) is 0 Å². The van der Waals surface area contributed by atoms with Gasteiger partial charge in [-0.25, -0.2) is 4.79 Å². The first-order valence-corrected chi connectivity index (χ1v) is 8.19. The minimum atomic E-state index is -0.896. The lowest BCUT2D eigenvalue weighted by Crippen LogP contribution is -2.24. The minimum absolute atomic E-state index is 0.213. The topological polar surface area (TPSA) is 63.6 Å². The summed E-state index contributed by atoms with van der Waals surface area (Å²) in [4.78, 5) is 23.9. The van der Waals surface area contributed by atoms with Crippen LogP contribution in [0.25, 0.3) is 0 Å². The molecule has 1 aliphatic rings. The Hall–Kier alpha value is -2.10. The second kappa shape index (κ2) is 6.08. The van der Waals surface area contributed by atoms with Crippen LogP contribution in [-0.4, -0.2) is 22.6 Å². The fraction of sp³-hybridized carbons (Fsp3) is 0.500. The standard InChI is InChI=1S/C20H26O4/c1-18(2,3)24-16(21)12-11-15-19(4,5)20(15,17(22)23)13-14-9-7-6-8-10-14/h6-12,15H,13H2,1-5H3,(H,22,23)/t15-,20+/m1/s1. The Kier molecular flexibility index (Phi) is 4.62. The predicted octanol–water partition coefficient (Wildman–Crippen LogP) is 3.85. The van der Waals surface area contributed by atoms with E-state index in [0.717, 1.165) is 5.56 Å². The number of allylic oxidation sites excluding steroid dienone is 1. The zero-order chi connectivity index (χ0) is 18.2. The van der Waals surface area contributed by atoms with Gasteiger partial charge in [0.25, 0.3) is 0 Å². The lowest BCUT2D eigenvalue weighted by Gasteiger charge is -2.18. The van der Waals surface area contributed by atoms with Crippen LogP contribution in [0, 0.1) is 16.7 Å². The van der Waals surface area contributed by atoms with Crippen LogP contribution in [0.5, 0.6) is 0 Å². The lowest BCUT2D eigenvalue weighted by molar-refractivity contribution is -0.149. The third-order valence-electron chi connectivity index (χ3n) is 4.91. The van der Waals surface area contributed by atoms with E-state index in [0.29, 0.717) is 6.42 Å². The molecule has 0 bridgehead atoms. The van der Waals surface area contributed by atoms with Crippen LogP contribution >= 0.6 is 0 Å². The number of carbonyl (C=O) groups is 2. The van der Waals surface area contributed by atoms with Crippen molar-refractivity contribution in [2.45, 2.75) is 46.6 Å². The van der Waals surface area contributed by atoms with Gasteiger partial charge < -0.3 is 9.84 Å². The van der Waals surface area contributed by atoms with Gasteiger partial charge in [0, 0.05) is 12.0 Å². The fourth-order valence-electron chi connectivity index (χ4n) is 3.55. The number of aliphatic carboxylic acids is 1. The van der Waals surface area contributed by atoms with Crippen LogP contribution in [0.2, 0.25) is 0 Å². The van der Waals surface area contributed by atoms with Crippen molar-refractivity contribution in [3.63, 3.8) is 0 Å². The summed E-state index contributed by atoms with van der Waals surface area (Å²) in [5.41, 5.74) is -0.893. The number of ether oxygens (including phenoxy) is 1. The normalized spacial score (nSPS) is 25.5. The van der Waals surface area contributed by atoms with Crippen LogP contribution in [0.1, 0.15) is 40.2 Å². The van der Waals surface area contributed by atoms with Gasteiger partial charge in [0.2, 0.25) is 0 Å². The summed E-state index contributed by atoms with van der Waals surface area (Å²) in [6.07, 6.45) is 3.51. The minimum Gasteiger partial charge on any atom is -0.481 e. The molecule has 24 heavy (non-hydrogen) atoms. The molecule has 0 unspecified atom stereocenters. The van der Waals surface area contributed by atoms with E-state index in [4.69, 9.17) is 4.74 Å². The van der Waals surface area contributed by atoms with E-state index >= 15 is 0 Å². The molecular formula is C20H26O4. The zero-order valence-corrected chi connectivity index (χ0v) is 15.0. The largest absolute Gasteiger partial charge is 0.481 e. The molecule has 1 aromatic carbocycles. The maximum absolute atomic E-state index is 12.0. The quantitative estimate of drug-likeness (QED) is 0.658. The summed E-state index contributed by atoms with van der Waals surface area (Å²) in [5.74, 6) is -1.48. The Morgan fingerprint density at radius 3 is 2.29 bits per heavy atom. The van der Waals surface area contributed by atoms with Gasteiger partial charge in [0.05, 0.1) is 5.41 Å². The maximum atomic E-state index is 12.0. The van der Waals surface area contributed by atoms with Crippen LogP contribution in [0.15, 0.2) is 42.5 Å². The third-order valence-corrected chi connectivity index (χ3v) is 4.91. The number of rotatable bonds is 5. The molecule has 0 aromatic heterocycles. The molecular weight excluding hydrogens is 304 g/mol. The molecule has 0 saturated heterocycles. The van der Waals surface area contributed by atoms with Crippen molar-refractivity contribution in [3.05, 3.63) is 48.0 Å². The Balaban J connectivity index is 2.21. The molecule has 2 atom stereocenters.